The molecule has 0 bridgehead atoms. The predicted molar refractivity (Wildman–Crippen MR) is 118 cm³/mol. The van der Waals surface area contributed by atoms with Crippen molar-refractivity contribution in [3.63, 3.8) is 0 Å². The number of hydrogen-bond acceptors (Lipinski definition) is 3. The number of benzene rings is 2. The van der Waals surface area contributed by atoms with Crippen LogP contribution in [0.5, 0.6) is 0 Å². The summed E-state index contributed by atoms with van der Waals surface area (Å²) in [6.07, 6.45) is 4.64. The number of rotatable bonds is 6. The van der Waals surface area contributed by atoms with E-state index in [0.717, 1.165) is 51.7 Å². The molecule has 2 aromatic rings. The highest BCUT2D eigenvalue weighted by Crippen LogP contribution is 2.21. The van der Waals surface area contributed by atoms with Crippen LogP contribution in [0.1, 0.15) is 41.6 Å². The third kappa shape index (κ3) is 5.08. The second-order valence-corrected chi connectivity index (χ2v) is 8.38. The number of nitrogens with zero attached hydrogens (tertiary/aromatic N) is 2. The molecule has 0 aliphatic carbocycles. The zero-order chi connectivity index (χ0) is 20.8. The van der Waals surface area contributed by atoms with E-state index in [0.29, 0.717) is 12.1 Å². The van der Waals surface area contributed by atoms with Crippen molar-refractivity contribution >= 4 is 11.8 Å². The molecule has 0 spiro atoms. The second kappa shape index (κ2) is 9.90. The van der Waals surface area contributed by atoms with E-state index >= 15 is 0 Å². The highest BCUT2D eigenvalue weighted by molar-refractivity contribution is 5.98. The molecule has 158 valence electrons. The lowest BCUT2D eigenvalue weighted by Gasteiger charge is -2.33. The maximum atomic E-state index is 12.9. The van der Waals surface area contributed by atoms with Crippen molar-refractivity contribution in [3.8, 4) is 0 Å². The van der Waals surface area contributed by atoms with Gasteiger partial charge >= 0.3 is 0 Å². The van der Waals surface area contributed by atoms with Gasteiger partial charge in [-0.2, -0.15) is 0 Å². The van der Waals surface area contributed by atoms with E-state index in [-0.39, 0.29) is 23.9 Å². The lowest BCUT2D eigenvalue weighted by atomic mass is 10.0. The number of nitrogens with one attached hydrogen (secondary N) is 1. The van der Waals surface area contributed by atoms with Gasteiger partial charge in [0.1, 0.15) is 6.04 Å². The molecule has 5 nitrogen and oxygen atoms in total. The molecule has 0 aromatic heterocycles. The van der Waals surface area contributed by atoms with Gasteiger partial charge in [0.25, 0.3) is 5.91 Å². The van der Waals surface area contributed by atoms with E-state index in [4.69, 9.17) is 0 Å². The van der Waals surface area contributed by atoms with Gasteiger partial charge in [-0.1, -0.05) is 48.5 Å². The van der Waals surface area contributed by atoms with Crippen molar-refractivity contribution in [2.45, 2.75) is 44.2 Å². The Morgan fingerprint density at radius 2 is 1.53 bits per heavy atom. The Morgan fingerprint density at radius 3 is 2.23 bits per heavy atom. The Bertz CT molecular complexity index is 832. The number of likely N-dealkylation sites (tertiary alicyclic amines) is 2. The van der Waals surface area contributed by atoms with E-state index in [1.165, 1.54) is 5.56 Å². The van der Waals surface area contributed by atoms with Crippen molar-refractivity contribution in [3.05, 3.63) is 71.8 Å². The van der Waals surface area contributed by atoms with Crippen molar-refractivity contribution in [2.24, 2.45) is 0 Å². The average molecular weight is 406 g/mol. The summed E-state index contributed by atoms with van der Waals surface area (Å²) >= 11 is 0. The first-order valence-corrected chi connectivity index (χ1v) is 11.1. The highest BCUT2D eigenvalue weighted by atomic mass is 16.2. The van der Waals surface area contributed by atoms with Crippen LogP contribution in [0.2, 0.25) is 0 Å². The van der Waals surface area contributed by atoms with E-state index in [1.807, 2.05) is 30.3 Å². The van der Waals surface area contributed by atoms with Gasteiger partial charge in [0.05, 0.1) is 0 Å². The molecule has 2 amide bonds. The van der Waals surface area contributed by atoms with Crippen LogP contribution in [0.4, 0.5) is 0 Å². The fourth-order valence-electron chi connectivity index (χ4n) is 4.56. The first kappa shape index (κ1) is 20.6. The van der Waals surface area contributed by atoms with Crippen LogP contribution in [0.15, 0.2) is 60.7 Å². The monoisotopic (exact) mass is 405 g/mol. The SMILES string of the molecule is O=C(NC1CCN(CCc2ccccc2)CC1)C1CCCN1C(=O)c1ccccc1. The van der Waals surface area contributed by atoms with Crippen LogP contribution < -0.4 is 5.32 Å². The molecule has 0 saturated carbocycles. The molecule has 2 heterocycles. The van der Waals surface area contributed by atoms with Gasteiger partial charge in [-0.05, 0) is 49.8 Å². The number of hydrogen-bond donors (Lipinski definition) is 1. The summed E-state index contributed by atoms with van der Waals surface area (Å²) in [7, 11) is 0. The van der Waals surface area contributed by atoms with E-state index < -0.39 is 0 Å². The zero-order valence-corrected chi connectivity index (χ0v) is 17.5. The lowest BCUT2D eigenvalue weighted by molar-refractivity contribution is -0.125. The fourth-order valence-corrected chi connectivity index (χ4v) is 4.56. The Hall–Kier alpha value is -2.66. The molecule has 2 fully saturated rings. The summed E-state index contributed by atoms with van der Waals surface area (Å²) in [5.74, 6) is -0.0245. The molecule has 2 aliphatic rings. The summed E-state index contributed by atoms with van der Waals surface area (Å²) in [4.78, 5) is 30.0. The average Bonchev–Trinajstić information content (AvgIpc) is 3.29. The number of amides is 2. The molecule has 2 saturated heterocycles. The lowest BCUT2D eigenvalue weighted by Crippen LogP contribution is -2.51. The summed E-state index contributed by atoms with van der Waals surface area (Å²) in [6, 6.07) is 19.7. The van der Waals surface area contributed by atoms with Gasteiger partial charge in [0.2, 0.25) is 5.91 Å². The smallest absolute Gasteiger partial charge is 0.254 e. The maximum Gasteiger partial charge on any atom is 0.254 e. The van der Waals surface area contributed by atoms with E-state index in [2.05, 4.69) is 40.5 Å². The zero-order valence-electron chi connectivity index (χ0n) is 17.5. The van der Waals surface area contributed by atoms with Crippen LogP contribution in [-0.4, -0.2) is 59.9 Å². The molecular formula is C25H31N3O2. The summed E-state index contributed by atoms with van der Waals surface area (Å²) < 4.78 is 0. The molecule has 0 radical (unpaired) electrons. The molecule has 4 rings (SSSR count). The highest BCUT2D eigenvalue weighted by Gasteiger charge is 2.35. The third-order valence-corrected chi connectivity index (χ3v) is 6.33. The van der Waals surface area contributed by atoms with Gasteiger partial charge < -0.3 is 15.1 Å². The maximum absolute atomic E-state index is 12.9. The molecule has 1 atom stereocenters. The van der Waals surface area contributed by atoms with Gasteiger partial charge in [0.15, 0.2) is 0 Å². The summed E-state index contributed by atoms with van der Waals surface area (Å²) in [5, 5.41) is 3.23. The number of carbonyl (C=O) groups excluding carboxylic acids is 2. The van der Waals surface area contributed by atoms with Crippen LogP contribution in [0.25, 0.3) is 0 Å². The van der Waals surface area contributed by atoms with Crippen molar-refractivity contribution in [1.29, 1.82) is 0 Å². The molecule has 2 aromatic carbocycles. The number of carbonyl (C=O) groups is 2. The van der Waals surface area contributed by atoms with Crippen molar-refractivity contribution in [2.75, 3.05) is 26.2 Å². The second-order valence-electron chi connectivity index (χ2n) is 8.38. The molecule has 1 unspecified atom stereocenters. The summed E-state index contributed by atoms with van der Waals surface area (Å²) in [6.45, 7) is 3.74. The quantitative estimate of drug-likeness (QED) is 0.803. The Kier molecular flexibility index (Phi) is 6.80. The molecular weight excluding hydrogens is 374 g/mol. The van der Waals surface area contributed by atoms with Crippen LogP contribution in [-0.2, 0) is 11.2 Å². The summed E-state index contributed by atoms with van der Waals surface area (Å²) in [5.41, 5.74) is 2.03. The predicted octanol–water partition coefficient (Wildman–Crippen LogP) is 3.11. The number of piperidine rings is 1. The van der Waals surface area contributed by atoms with Crippen LogP contribution in [0, 0.1) is 0 Å². The van der Waals surface area contributed by atoms with E-state index in [9.17, 15) is 9.59 Å². The standard InChI is InChI=1S/C25H31N3O2/c29-24(23-12-7-16-28(23)25(30)21-10-5-2-6-11-21)26-22-14-18-27(19-15-22)17-13-20-8-3-1-4-9-20/h1-6,8-11,22-23H,7,12-19H2,(H,26,29). The molecule has 1 N–H and O–H groups in total. The largest absolute Gasteiger partial charge is 0.351 e. The first-order chi connectivity index (χ1) is 14.7. The molecule has 30 heavy (non-hydrogen) atoms. The molecule has 5 heteroatoms. The van der Waals surface area contributed by atoms with Crippen molar-refractivity contribution < 1.29 is 9.59 Å². The minimum Gasteiger partial charge on any atom is -0.351 e. The minimum atomic E-state index is -0.339. The van der Waals surface area contributed by atoms with Gasteiger partial charge in [-0.15, -0.1) is 0 Å². The third-order valence-electron chi connectivity index (χ3n) is 6.33. The Labute approximate surface area is 179 Å². The van der Waals surface area contributed by atoms with Gasteiger partial charge in [-0.3, -0.25) is 9.59 Å². The topological polar surface area (TPSA) is 52.7 Å². The Morgan fingerprint density at radius 1 is 0.867 bits per heavy atom. The first-order valence-electron chi connectivity index (χ1n) is 11.1. The molecule has 2 aliphatic heterocycles. The van der Waals surface area contributed by atoms with Gasteiger partial charge in [0, 0.05) is 37.8 Å². The fraction of sp³-hybridized carbons (Fsp3) is 0.440. The van der Waals surface area contributed by atoms with Crippen molar-refractivity contribution in [1.82, 2.24) is 15.1 Å². The van der Waals surface area contributed by atoms with Crippen LogP contribution >= 0.6 is 0 Å². The minimum absolute atomic E-state index is 0.0134. The van der Waals surface area contributed by atoms with Crippen LogP contribution in [0.3, 0.4) is 0 Å². The van der Waals surface area contributed by atoms with Gasteiger partial charge in [-0.25, -0.2) is 0 Å². The normalized spacial score (nSPS) is 20.3. The Balaban J connectivity index is 1.24. The van der Waals surface area contributed by atoms with E-state index in [1.54, 1.807) is 4.90 Å².